The van der Waals surface area contributed by atoms with E-state index in [9.17, 15) is 18.0 Å². The molecule has 0 bridgehead atoms. The van der Waals surface area contributed by atoms with Gasteiger partial charge in [0.1, 0.15) is 12.3 Å². The topological polar surface area (TPSA) is 89.5 Å². The predicted molar refractivity (Wildman–Crippen MR) is 88.4 cm³/mol. The van der Waals surface area contributed by atoms with Crippen molar-refractivity contribution in [1.82, 2.24) is 4.72 Å². The number of ether oxygens (including phenoxy) is 1. The molecule has 0 fully saturated rings. The zero-order valence-corrected chi connectivity index (χ0v) is 14.1. The zero-order valence-electron chi connectivity index (χ0n) is 13.3. The molecule has 2 aromatic carbocycles. The van der Waals surface area contributed by atoms with Crippen LogP contribution in [-0.2, 0) is 14.8 Å². The summed E-state index contributed by atoms with van der Waals surface area (Å²) in [7, 11) is -3.92. The highest BCUT2D eigenvalue weighted by atomic mass is 32.2. The van der Waals surface area contributed by atoms with E-state index in [0.29, 0.717) is 5.75 Å². The van der Waals surface area contributed by atoms with Gasteiger partial charge in [0.05, 0.1) is 4.90 Å². The van der Waals surface area contributed by atoms with Crippen LogP contribution in [-0.4, -0.2) is 26.7 Å². The van der Waals surface area contributed by atoms with Crippen LogP contribution in [0.25, 0.3) is 0 Å². The molecule has 0 heterocycles. The summed E-state index contributed by atoms with van der Waals surface area (Å²) in [5, 5.41) is 0. The van der Waals surface area contributed by atoms with E-state index in [1.54, 1.807) is 31.2 Å². The van der Waals surface area contributed by atoms with Gasteiger partial charge in [-0.05, 0) is 37.6 Å². The van der Waals surface area contributed by atoms with Gasteiger partial charge in [0, 0.05) is 5.56 Å². The standard InChI is InChI=1S/C17H17NO5S/c1-12-6-3-4-9-16(12)23-17(20)11-18-24(21,22)15-8-5-7-14(10-15)13(2)19/h3-10,18H,11H2,1-2H3. The number of sulfonamides is 1. The van der Waals surface area contributed by atoms with Gasteiger partial charge in [-0.3, -0.25) is 9.59 Å². The van der Waals surface area contributed by atoms with Gasteiger partial charge in [0.25, 0.3) is 0 Å². The lowest BCUT2D eigenvalue weighted by atomic mass is 10.2. The molecule has 0 atom stereocenters. The van der Waals surface area contributed by atoms with Crippen LogP contribution >= 0.6 is 0 Å². The number of hydrogen-bond donors (Lipinski definition) is 1. The lowest BCUT2D eigenvalue weighted by molar-refractivity contribution is -0.133. The molecule has 126 valence electrons. The van der Waals surface area contributed by atoms with E-state index < -0.39 is 22.5 Å². The average molecular weight is 347 g/mol. The molecular weight excluding hydrogens is 330 g/mol. The number of para-hydroxylation sites is 1. The van der Waals surface area contributed by atoms with Crippen molar-refractivity contribution >= 4 is 21.8 Å². The van der Waals surface area contributed by atoms with E-state index in [-0.39, 0.29) is 16.2 Å². The lowest BCUT2D eigenvalue weighted by Gasteiger charge is -2.09. The molecule has 2 rings (SSSR count). The molecule has 0 radical (unpaired) electrons. The number of rotatable bonds is 6. The minimum atomic E-state index is -3.92. The van der Waals surface area contributed by atoms with E-state index in [4.69, 9.17) is 4.74 Å². The van der Waals surface area contributed by atoms with Gasteiger partial charge < -0.3 is 4.74 Å². The molecule has 0 aliphatic carbocycles. The third-order valence-corrected chi connectivity index (χ3v) is 4.67. The number of ketones is 1. The molecule has 0 amide bonds. The third-order valence-electron chi connectivity index (χ3n) is 3.27. The Balaban J connectivity index is 2.05. The molecule has 0 saturated heterocycles. The maximum atomic E-state index is 12.2. The van der Waals surface area contributed by atoms with Crippen molar-refractivity contribution in [2.75, 3.05) is 6.54 Å². The van der Waals surface area contributed by atoms with Crippen LogP contribution in [0.15, 0.2) is 53.4 Å². The minimum absolute atomic E-state index is 0.0844. The molecule has 24 heavy (non-hydrogen) atoms. The summed E-state index contributed by atoms with van der Waals surface area (Å²) in [6, 6.07) is 12.5. The fourth-order valence-corrected chi connectivity index (χ4v) is 2.96. The summed E-state index contributed by atoms with van der Waals surface area (Å²) in [6.45, 7) is 2.61. The van der Waals surface area contributed by atoms with Gasteiger partial charge in [-0.2, -0.15) is 4.72 Å². The van der Waals surface area contributed by atoms with Crippen molar-refractivity contribution < 1.29 is 22.7 Å². The number of aryl methyl sites for hydroxylation is 1. The second-order valence-corrected chi connectivity index (χ2v) is 6.92. The Kier molecular flexibility index (Phi) is 5.48. The van der Waals surface area contributed by atoms with Gasteiger partial charge in [-0.15, -0.1) is 0 Å². The van der Waals surface area contributed by atoms with Crippen LogP contribution in [0.3, 0.4) is 0 Å². The van der Waals surface area contributed by atoms with E-state index in [0.717, 1.165) is 5.56 Å². The van der Waals surface area contributed by atoms with Gasteiger partial charge in [-0.1, -0.05) is 30.3 Å². The SMILES string of the molecule is CC(=O)c1cccc(S(=O)(=O)NCC(=O)Oc2ccccc2C)c1. The Labute approximate surface area is 140 Å². The summed E-state index contributed by atoms with van der Waals surface area (Å²) >= 11 is 0. The molecule has 0 saturated carbocycles. The van der Waals surface area contributed by atoms with Crippen molar-refractivity contribution in [3.8, 4) is 5.75 Å². The molecule has 0 aliphatic heterocycles. The Hall–Kier alpha value is -2.51. The third kappa shape index (κ3) is 4.50. The summed E-state index contributed by atoms with van der Waals surface area (Å²) in [6.07, 6.45) is 0. The molecule has 7 heteroatoms. The first kappa shape index (κ1) is 17.8. The van der Waals surface area contributed by atoms with E-state index in [1.807, 2.05) is 0 Å². The number of esters is 1. The number of benzene rings is 2. The van der Waals surface area contributed by atoms with Crippen LogP contribution in [0.1, 0.15) is 22.8 Å². The molecule has 0 spiro atoms. The van der Waals surface area contributed by atoms with E-state index >= 15 is 0 Å². The second kappa shape index (κ2) is 7.37. The maximum absolute atomic E-state index is 12.2. The van der Waals surface area contributed by atoms with Crippen molar-refractivity contribution in [3.63, 3.8) is 0 Å². The summed E-state index contributed by atoms with van der Waals surface area (Å²) < 4.78 is 31.7. The Bertz CT molecular complexity index is 874. The molecule has 2 aromatic rings. The highest BCUT2D eigenvalue weighted by Gasteiger charge is 2.17. The van der Waals surface area contributed by atoms with Crippen molar-refractivity contribution in [2.24, 2.45) is 0 Å². The summed E-state index contributed by atoms with van der Waals surface area (Å²) in [4.78, 5) is 23.1. The van der Waals surface area contributed by atoms with E-state index in [1.165, 1.54) is 31.2 Å². The maximum Gasteiger partial charge on any atom is 0.326 e. The largest absolute Gasteiger partial charge is 0.425 e. The Morgan fingerprint density at radius 2 is 1.79 bits per heavy atom. The minimum Gasteiger partial charge on any atom is -0.425 e. The van der Waals surface area contributed by atoms with Crippen LogP contribution in [0.5, 0.6) is 5.75 Å². The highest BCUT2D eigenvalue weighted by Crippen LogP contribution is 2.16. The number of carbonyl (C=O) groups is 2. The summed E-state index contributed by atoms with van der Waals surface area (Å²) in [5.74, 6) is -0.595. The average Bonchev–Trinajstić information content (AvgIpc) is 2.55. The van der Waals surface area contributed by atoms with Gasteiger partial charge in [0.15, 0.2) is 5.78 Å². The van der Waals surface area contributed by atoms with Crippen molar-refractivity contribution in [2.45, 2.75) is 18.7 Å². The highest BCUT2D eigenvalue weighted by molar-refractivity contribution is 7.89. The van der Waals surface area contributed by atoms with E-state index in [2.05, 4.69) is 4.72 Å². The van der Waals surface area contributed by atoms with Gasteiger partial charge in [0.2, 0.25) is 10.0 Å². The fourth-order valence-electron chi connectivity index (χ4n) is 1.95. The zero-order chi connectivity index (χ0) is 17.7. The van der Waals surface area contributed by atoms with Crippen LogP contribution in [0, 0.1) is 6.92 Å². The fraction of sp³-hybridized carbons (Fsp3) is 0.176. The van der Waals surface area contributed by atoms with Crippen LogP contribution < -0.4 is 9.46 Å². The number of hydrogen-bond acceptors (Lipinski definition) is 5. The van der Waals surface area contributed by atoms with Gasteiger partial charge in [-0.25, -0.2) is 8.42 Å². The Morgan fingerprint density at radius 1 is 1.08 bits per heavy atom. The first-order chi connectivity index (χ1) is 11.3. The normalized spacial score (nSPS) is 11.1. The monoisotopic (exact) mass is 347 g/mol. The van der Waals surface area contributed by atoms with Crippen LogP contribution in [0.4, 0.5) is 0 Å². The molecule has 0 aromatic heterocycles. The smallest absolute Gasteiger partial charge is 0.326 e. The molecule has 0 aliphatic rings. The number of nitrogens with one attached hydrogen (secondary N) is 1. The number of carbonyl (C=O) groups excluding carboxylic acids is 2. The van der Waals surface area contributed by atoms with Gasteiger partial charge >= 0.3 is 5.97 Å². The predicted octanol–water partition coefficient (Wildman–Crippen LogP) is 2.08. The Morgan fingerprint density at radius 3 is 2.46 bits per heavy atom. The first-order valence-corrected chi connectivity index (χ1v) is 8.65. The first-order valence-electron chi connectivity index (χ1n) is 7.16. The number of Topliss-reactive ketones (excluding diaryl/α,β-unsaturated/α-hetero) is 1. The molecular formula is C17H17NO5S. The summed E-state index contributed by atoms with van der Waals surface area (Å²) in [5.41, 5.74) is 1.04. The molecule has 0 unspecified atom stereocenters. The second-order valence-electron chi connectivity index (χ2n) is 5.15. The molecule has 1 N–H and O–H groups in total. The quantitative estimate of drug-likeness (QED) is 0.491. The van der Waals surface area contributed by atoms with Crippen LogP contribution in [0.2, 0.25) is 0 Å². The lowest BCUT2D eigenvalue weighted by Crippen LogP contribution is -2.32. The van der Waals surface area contributed by atoms with Crippen molar-refractivity contribution in [3.05, 3.63) is 59.7 Å². The van der Waals surface area contributed by atoms with Crippen molar-refractivity contribution in [1.29, 1.82) is 0 Å². The molecule has 6 nitrogen and oxygen atoms in total.